The van der Waals surface area contributed by atoms with E-state index in [-0.39, 0.29) is 6.54 Å². The van der Waals surface area contributed by atoms with E-state index < -0.39 is 5.97 Å². The molecule has 2 rings (SSSR count). The molecule has 1 saturated carbocycles. The van der Waals surface area contributed by atoms with E-state index in [1.165, 1.54) is 18.4 Å². The van der Waals surface area contributed by atoms with Crippen molar-refractivity contribution in [2.24, 2.45) is 5.92 Å². The average molecular weight is 277 g/mol. The summed E-state index contributed by atoms with van der Waals surface area (Å²) in [6.45, 7) is 4.51. The van der Waals surface area contributed by atoms with Gasteiger partial charge in [0.15, 0.2) is 0 Å². The van der Waals surface area contributed by atoms with Gasteiger partial charge in [-0.2, -0.15) is 0 Å². The molecular weight excluding hydrogens is 254 g/mol. The Bertz CT molecular complexity index is 443. The summed E-state index contributed by atoms with van der Waals surface area (Å²) in [5.74, 6) is 0.856. The lowest BCUT2D eigenvalue weighted by Gasteiger charge is -2.19. The maximum absolute atomic E-state index is 10.8. The first-order chi connectivity index (χ1) is 9.63. The number of nitrogens with zero attached hydrogens (tertiary/aromatic N) is 1. The smallest absolute Gasteiger partial charge is 0.317 e. The summed E-state index contributed by atoms with van der Waals surface area (Å²) < 4.78 is 5.69. The number of aliphatic carboxylic acids is 1. The van der Waals surface area contributed by atoms with Crippen LogP contribution in [0.15, 0.2) is 24.3 Å². The molecule has 0 aliphatic heterocycles. The lowest BCUT2D eigenvalue weighted by molar-refractivity contribution is -0.138. The fourth-order valence-corrected chi connectivity index (χ4v) is 2.28. The normalized spacial score (nSPS) is 14.5. The highest BCUT2D eigenvalue weighted by Crippen LogP contribution is 2.29. The fraction of sp³-hybridized carbons (Fsp3) is 0.562. The van der Waals surface area contributed by atoms with E-state index in [0.29, 0.717) is 12.5 Å². The molecule has 0 heterocycles. The van der Waals surface area contributed by atoms with Crippen LogP contribution in [-0.4, -0.2) is 42.2 Å². The third kappa shape index (κ3) is 5.61. The number of aryl methyl sites for hydroxylation is 1. The average Bonchev–Trinajstić information content (AvgIpc) is 3.18. The van der Waals surface area contributed by atoms with Crippen LogP contribution in [0.2, 0.25) is 0 Å². The summed E-state index contributed by atoms with van der Waals surface area (Å²) in [4.78, 5) is 12.9. The fourth-order valence-electron chi connectivity index (χ4n) is 2.28. The number of rotatable bonds is 9. The van der Waals surface area contributed by atoms with E-state index >= 15 is 0 Å². The largest absolute Gasteiger partial charge is 0.494 e. The lowest BCUT2D eigenvalue weighted by atomic mass is 10.2. The van der Waals surface area contributed by atoms with Crippen LogP contribution in [-0.2, 0) is 4.79 Å². The molecule has 0 spiro atoms. The number of carbonyl (C=O) groups is 1. The van der Waals surface area contributed by atoms with Gasteiger partial charge in [0.25, 0.3) is 0 Å². The standard InChI is InChI=1S/C16H23NO3/c1-13-4-2-5-15(10-13)20-9-3-8-17(12-16(18)19)11-14-6-7-14/h2,4-5,10,14H,3,6-9,11-12H2,1H3,(H,18,19). The van der Waals surface area contributed by atoms with Crippen LogP contribution in [0.1, 0.15) is 24.8 Å². The molecule has 4 nitrogen and oxygen atoms in total. The maximum atomic E-state index is 10.8. The van der Waals surface area contributed by atoms with E-state index in [9.17, 15) is 4.79 Å². The molecule has 0 saturated heterocycles. The predicted molar refractivity (Wildman–Crippen MR) is 78.1 cm³/mol. The zero-order valence-electron chi connectivity index (χ0n) is 12.0. The highest BCUT2D eigenvalue weighted by molar-refractivity contribution is 5.69. The molecule has 1 aliphatic carbocycles. The quantitative estimate of drug-likeness (QED) is 0.705. The summed E-state index contributed by atoms with van der Waals surface area (Å²) >= 11 is 0. The molecule has 4 heteroatoms. The second-order valence-corrected chi connectivity index (χ2v) is 5.59. The Morgan fingerprint density at radius 2 is 2.25 bits per heavy atom. The van der Waals surface area contributed by atoms with Crippen molar-refractivity contribution in [3.8, 4) is 5.75 Å². The number of carboxylic acid groups (broad SMARTS) is 1. The van der Waals surface area contributed by atoms with E-state index in [1.54, 1.807) is 0 Å². The van der Waals surface area contributed by atoms with Gasteiger partial charge in [0.05, 0.1) is 13.2 Å². The van der Waals surface area contributed by atoms with E-state index in [2.05, 4.69) is 0 Å². The number of carboxylic acids is 1. The first kappa shape index (κ1) is 14.9. The van der Waals surface area contributed by atoms with Crippen molar-refractivity contribution in [1.29, 1.82) is 0 Å². The van der Waals surface area contributed by atoms with E-state index in [0.717, 1.165) is 25.3 Å². The third-order valence-corrected chi connectivity index (χ3v) is 3.45. The van der Waals surface area contributed by atoms with Gasteiger partial charge >= 0.3 is 5.97 Å². The molecule has 0 radical (unpaired) electrons. The van der Waals surface area contributed by atoms with Crippen molar-refractivity contribution in [3.63, 3.8) is 0 Å². The highest BCUT2D eigenvalue weighted by atomic mass is 16.5. The Balaban J connectivity index is 1.68. The minimum absolute atomic E-state index is 0.140. The van der Waals surface area contributed by atoms with Crippen LogP contribution >= 0.6 is 0 Å². The van der Waals surface area contributed by atoms with Gasteiger partial charge in [0.1, 0.15) is 5.75 Å². The number of hydrogen-bond acceptors (Lipinski definition) is 3. The Morgan fingerprint density at radius 1 is 1.45 bits per heavy atom. The molecule has 0 atom stereocenters. The van der Waals surface area contributed by atoms with Crippen LogP contribution in [0.3, 0.4) is 0 Å². The Morgan fingerprint density at radius 3 is 2.90 bits per heavy atom. The van der Waals surface area contributed by atoms with Gasteiger partial charge < -0.3 is 9.84 Å². The molecular formula is C16H23NO3. The van der Waals surface area contributed by atoms with Crippen molar-refractivity contribution in [2.45, 2.75) is 26.2 Å². The molecule has 1 aromatic rings. The zero-order chi connectivity index (χ0) is 14.4. The van der Waals surface area contributed by atoms with Crippen LogP contribution < -0.4 is 4.74 Å². The zero-order valence-corrected chi connectivity index (χ0v) is 12.0. The van der Waals surface area contributed by atoms with Gasteiger partial charge in [-0.3, -0.25) is 9.69 Å². The van der Waals surface area contributed by atoms with Gasteiger partial charge in [0, 0.05) is 13.1 Å². The number of hydrogen-bond donors (Lipinski definition) is 1. The predicted octanol–water partition coefficient (Wildman–Crippen LogP) is 2.56. The molecule has 0 unspecified atom stereocenters. The van der Waals surface area contributed by atoms with Gasteiger partial charge in [-0.25, -0.2) is 0 Å². The SMILES string of the molecule is Cc1cccc(OCCCN(CC(=O)O)CC2CC2)c1. The molecule has 20 heavy (non-hydrogen) atoms. The molecule has 0 bridgehead atoms. The van der Waals surface area contributed by atoms with Gasteiger partial charge in [-0.05, 0) is 49.8 Å². The van der Waals surface area contributed by atoms with E-state index in [4.69, 9.17) is 9.84 Å². The molecule has 1 aromatic carbocycles. The molecule has 1 fully saturated rings. The van der Waals surface area contributed by atoms with Crippen LogP contribution in [0.4, 0.5) is 0 Å². The van der Waals surface area contributed by atoms with Crippen molar-refractivity contribution < 1.29 is 14.6 Å². The van der Waals surface area contributed by atoms with Gasteiger partial charge in [-0.1, -0.05) is 12.1 Å². The summed E-state index contributed by atoms with van der Waals surface area (Å²) in [7, 11) is 0. The molecule has 1 N–H and O–H groups in total. The van der Waals surface area contributed by atoms with Gasteiger partial charge in [-0.15, -0.1) is 0 Å². The molecule has 0 amide bonds. The second-order valence-electron chi connectivity index (χ2n) is 5.59. The van der Waals surface area contributed by atoms with Crippen LogP contribution in [0.25, 0.3) is 0 Å². The topological polar surface area (TPSA) is 49.8 Å². The monoisotopic (exact) mass is 277 g/mol. The summed E-state index contributed by atoms with van der Waals surface area (Å²) in [6.07, 6.45) is 3.35. The maximum Gasteiger partial charge on any atom is 0.317 e. The van der Waals surface area contributed by atoms with Crippen molar-refractivity contribution in [2.75, 3.05) is 26.2 Å². The second kappa shape index (κ2) is 7.29. The summed E-state index contributed by atoms with van der Waals surface area (Å²) in [5, 5.41) is 8.91. The van der Waals surface area contributed by atoms with Crippen LogP contribution in [0, 0.1) is 12.8 Å². The third-order valence-electron chi connectivity index (χ3n) is 3.45. The molecule has 1 aliphatic rings. The minimum Gasteiger partial charge on any atom is -0.494 e. The summed E-state index contributed by atoms with van der Waals surface area (Å²) in [6, 6.07) is 7.98. The molecule has 110 valence electrons. The number of benzene rings is 1. The Kier molecular flexibility index (Phi) is 5.41. The Labute approximate surface area is 120 Å². The van der Waals surface area contributed by atoms with Crippen molar-refractivity contribution in [3.05, 3.63) is 29.8 Å². The first-order valence-corrected chi connectivity index (χ1v) is 7.27. The van der Waals surface area contributed by atoms with Gasteiger partial charge in [0.2, 0.25) is 0 Å². The van der Waals surface area contributed by atoms with Crippen molar-refractivity contribution >= 4 is 5.97 Å². The van der Waals surface area contributed by atoms with Crippen LogP contribution in [0.5, 0.6) is 5.75 Å². The highest BCUT2D eigenvalue weighted by Gasteiger charge is 2.24. The van der Waals surface area contributed by atoms with E-state index in [1.807, 2.05) is 36.1 Å². The minimum atomic E-state index is -0.745. The first-order valence-electron chi connectivity index (χ1n) is 7.27. The Hall–Kier alpha value is -1.55. The number of ether oxygens (including phenoxy) is 1. The lowest BCUT2D eigenvalue weighted by Crippen LogP contribution is -2.33. The van der Waals surface area contributed by atoms with Crippen molar-refractivity contribution in [1.82, 2.24) is 4.90 Å². The summed E-state index contributed by atoms with van der Waals surface area (Å²) in [5.41, 5.74) is 1.18. The molecule has 0 aromatic heterocycles.